The average Bonchev–Trinajstić information content (AvgIpc) is 2.98. The highest BCUT2D eigenvalue weighted by Gasteiger charge is 2.44. The van der Waals surface area contributed by atoms with Gasteiger partial charge in [-0.1, -0.05) is 0 Å². The van der Waals surface area contributed by atoms with Crippen LogP contribution < -0.4 is 4.90 Å². The van der Waals surface area contributed by atoms with E-state index in [9.17, 15) is 8.78 Å². The van der Waals surface area contributed by atoms with E-state index in [4.69, 9.17) is 5.26 Å². The number of hydrogen-bond acceptors (Lipinski definition) is 2. The van der Waals surface area contributed by atoms with Crippen molar-refractivity contribution in [2.24, 2.45) is 5.41 Å². The second kappa shape index (κ2) is 3.75. The van der Waals surface area contributed by atoms with Crippen LogP contribution in [0, 0.1) is 28.4 Å². The Morgan fingerprint density at radius 3 is 2.62 bits per heavy atom. The first kappa shape index (κ1) is 10.9. The molecule has 0 unspecified atom stereocenters. The standard InChI is InChI=1S/C12H12F2N2/c1-16(8-12(7-15)4-5-12)11-3-2-9(13)6-10(11)14/h2-3,6H,4-5,8H2,1H3. The van der Waals surface area contributed by atoms with Crippen LogP contribution in [0.3, 0.4) is 0 Å². The third-order valence-corrected chi connectivity index (χ3v) is 2.95. The average molecular weight is 222 g/mol. The van der Waals surface area contributed by atoms with Crippen LogP contribution in [0.15, 0.2) is 18.2 Å². The van der Waals surface area contributed by atoms with Crippen LogP contribution in [0.4, 0.5) is 14.5 Å². The van der Waals surface area contributed by atoms with Gasteiger partial charge in [0.15, 0.2) is 0 Å². The van der Waals surface area contributed by atoms with Crippen molar-refractivity contribution in [1.82, 2.24) is 0 Å². The largest absolute Gasteiger partial charge is 0.371 e. The summed E-state index contributed by atoms with van der Waals surface area (Å²) >= 11 is 0. The summed E-state index contributed by atoms with van der Waals surface area (Å²) in [4.78, 5) is 1.67. The lowest BCUT2D eigenvalue weighted by molar-refractivity contribution is 0.574. The Kier molecular flexibility index (Phi) is 2.55. The fourth-order valence-electron chi connectivity index (χ4n) is 1.79. The quantitative estimate of drug-likeness (QED) is 0.786. The maximum Gasteiger partial charge on any atom is 0.149 e. The minimum Gasteiger partial charge on any atom is -0.371 e. The smallest absolute Gasteiger partial charge is 0.149 e. The number of nitrogens with zero attached hydrogens (tertiary/aromatic N) is 2. The van der Waals surface area contributed by atoms with E-state index in [0.717, 1.165) is 18.9 Å². The normalized spacial score (nSPS) is 16.6. The highest BCUT2D eigenvalue weighted by molar-refractivity contribution is 5.48. The molecule has 16 heavy (non-hydrogen) atoms. The lowest BCUT2D eigenvalue weighted by atomic mass is 10.1. The maximum absolute atomic E-state index is 13.4. The molecule has 0 radical (unpaired) electrons. The number of nitriles is 1. The summed E-state index contributed by atoms with van der Waals surface area (Å²) in [5.41, 5.74) is 0.0122. The Morgan fingerprint density at radius 2 is 2.12 bits per heavy atom. The molecule has 1 aromatic rings. The molecule has 0 heterocycles. The zero-order valence-electron chi connectivity index (χ0n) is 9.00. The molecule has 0 amide bonds. The predicted molar refractivity (Wildman–Crippen MR) is 56.9 cm³/mol. The molecule has 1 saturated carbocycles. The first-order valence-electron chi connectivity index (χ1n) is 5.14. The van der Waals surface area contributed by atoms with Gasteiger partial charge in [0.05, 0.1) is 17.2 Å². The molecule has 0 saturated heterocycles. The van der Waals surface area contributed by atoms with Crippen LogP contribution >= 0.6 is 0 Å². The van der Waals surface area contributed by atoms with Gasteiger partial charge in [0.25, 0.3) is 0 Å². The van der Waals surface area contributed by atoms with Gasteiger partial charge in [-0.3, -0.25) is 0 Å². The summed E-state index contributed by atoms with van der Waals surface area (Å²) in [5, 5.41) is 8.94. The summed E-state index contributed by atoms with van der Waals surface area (Å²) < 4.78 is 26.2. The van der Waals surface area contributed by atoms with Crippen molar-refractivity contribution in [2.45, 2.75) is 12.8 Å². The van der Waals surface area contributed by atoms with E-state index in [1.54, 1.807) is 11.9 Å². The number of benzene rings is 1. The van der Waals surface area contributed by atoms with E-state index >= 15 is 0 Å². The maximum atomic E-state index is 13.4. The monoisotopic (exact) mass is 222 g/mol. The fourth-order valence-corrected chi connectivity index (χ4v) is 1.79. The Morgan fingerprint density at radius 1 is 1.44 bits per heavy atom. The van der Waals surface area contributed by atoms with Gasteiger partial charge >= 0.3 is 0 Å². The SMILES string of the molecule is CN(CC1(C#N)CC1)c1ccc(F)cc1F. The molecule has 4 heteroatoms. The summed E-state index contributed by atoms with van der Waals surface area (Å²) in [5.74, 6) is -1.17. The highest BCUT2D eigenvalue weighted by atomic mass is 19.1. The van der Waals surface area contributed by atoms with Crippen LogP contribution in [0.2, 0.25) is 0 Å². The summed E-state index contributed by atoms with van der Waals surface area (Å²) in [6, 6.07) is 5.73. The van der Waals surface area contributed by atoms with Gasteiger partial charge in [0, 0.05) is 19.7 Å². The van der Waals surface area contributed by atoms with Gasteiger partial charge < -0.3 is 4.90 Å². The Hall–Kier alpha value is -1.63. The highest BCUT2D eigenvalue weighted by Crippen LogP contribution is 2.45. The molecular weight excluding hydrogens is 210 g/mol. The van der Waals surface area contributed by atoms with Gasteiger partial charge in [0.2, 0.25) is 0 Å². The molecule has 1 aliphatic carbocycles. The van der Waals surface area contributed by atoms with E-state index in [-0.39, 0.29) is 5.41 Å². The molecule has 2 nitrogen and oxygen atoms in total. The number of anilines is 1. The van der Waals surface area contributed by atoms with Crippen molar-refractivity contribution in [3.05, 3.63) is 29.8 Å². The topological polar surface area (TPSA) is 27.0 Å². The number of rotatable bonds is 3. The van der Waals surface area contributed by atoms with Crippen molar-refractivity contribution in [1.29, 1.82) is 5.26 Å². The van der Waals surface area contributed by atoms with Crippen molar-refractivity contribution in [3.63, 3.8) is 0 Å². The molecule has 0 aromatic heterocycles. The van der Waals surface area contributed by atoms with Crippen LogP contribution in [0.5, 0.6) is 0 Å². The molecule has 0 bridgehead atoms. The van der Waals surface area contributed by atoms with Crippen LogP contribution in [-0.2, 0) is 0 Å². The molecule has 0 spiro atoms. The second-order valence-corrected chi connectivity index (χ2v) is 4.34. The lowest BCUT2D eigenvalue weighted by Gasteiger charge is -2.22. The van der Waals surface area contributed by atoms with E-state index in [1.165, 1.54) is 12.1 Å². The van der Waals surface area contributed by atoms with Crippen LogP contribution in [0.1, 0.15) is 12.8 Å². The van der Waals surface area contributed by atoms with Crippen LogP contribution in [0.25, 0.3) is 0 Å². The van der Waals surface area contributed by atoms with E-state index < -0.39 is 11.6 Å². The summed E-state index contributed by atoms with van der Waals surface area (Å²) in [6.45, 7) is 0.492. The second-order valence-electron chi connectivity index (χ2n) is 4.34. The van der Waals surface area contributed by atoms with Gasteiger partial charge in [-0.15, -0.1) is 0 Å². The minimum atomic E-state index is -0.587. The molecule has 1 aliphatic rings. The molecule has 1 fully saturated rings. The van der Waals surface area contributed by atoms with Crippen molar-refractivity contribution in [3.8, 4) is 6.07 Å². The van der Waals surface area contributed by atoms with Crippen molar-refractivity contribution in [2.75, 3.05) is 18.5 Å². The molecular formula is C12H12F2N2. The van der Waals surface area contributed by atoms with Crippen molar-refractivity contribution < 1.29 is 8.78 Å². The van der Waals surface area contributed by atoms with E-state index in [2.05, 4.69) is 6.07 Å². The van der Waals surface area contributed by atoms with Gasteiger partial charge in [0.1, 0.15) is 11.6 Å². The van der Waals surface area contributed by atoms with Crippen LogP contribution in [-0.4, -0.2) is 13.6 Å². The Labute approximate surface area is 93.1 Å². The zero-order chi connectivity index (χ0) is 11.8. The van der Waals surface area contributed by atoms with Crippen molar-refractivity contribution >= 4 is 5.69 Å². The summed E-state index contributed by atoms with van der Waals surface area (Å²) in [7, 11) is 1.72. The third-order valence-electron chi connectivity index (χ3n) is 2.95. The first-order valence-corrected chi connectivity index (χ1v) is 5.14. The fraction of sp³-hybridized carbons (Fsp3) is 0.417. The van der Waals surface area contributed by atoms with E-state index in [0.29, 0.717) is 12.2 Å². The number of hydrogen-bond donors (Lipinski definition) is 0. The Bertz CT molecular complexity index is 447. The van der Waals surface area contributed by atoms with Gasteiger partial charge in [-0.25, -0.2) is 8.78 Å². The molecule has 0 aliphatic heterocycles. The predicted octanol–water partition coefficient (Wildman–Crippen LogP) is 2.70. The summed E-state index contributed by atoms with van der Waals surface area (Å²) in [6.07, 6.45) is 1.72. The Balaban J connectivity index is 2.15. The third kappa shape index (κ3) is 1.99. The van der Waals surface area contributed by atoms with E-state index in [1.807, 2.05) is 0 Å². The molecule has 0 atom stereocenters. The molecule has 0 N–H and O–H groups in total. The molecule has 2 rings (SSSR count). The number of halogens is 2. The van der Waals surface area contributed by atoms with Gasteiger partial charge in [-0.05, 0) is 25.0 Å². The first-order chi connectivity index (χ1) is 7.56. The van der Waals surface area contributed by atoms with Gasteiger partial charge in [-0.2, -0.15) is 5.26 Å². The molecule has 84 valence electrons. The lowest BCUT2D eigenvalue weighted by Crippen LogP contribution is -2.26. The zero-order valence-corrected chi connectivity index (χ0v) is 9.00. The molecule has 1 aromatic carbocycles. The minimum absolute atomic E-state index is 0.324.